The minimum atomic E-state index is -0.381. The van der Waals surface area contributed by atoms with Gasteiger partial charge in [-0.3, -0.25) is 25.3 Å². The third-order valence-corrected chi connectivity index (χ3v) is 6.79. The number of aryl methyl sites for hydroxylation is 1. The minimum absolute atomic E-state index is 0.0267. The monoisotopic (exact) mass is 474 g/mol. The Morgan fingerprint density at radius 1 is 1.24 bits per heavy atom. The smallest absolute Gasteiger partial charge is 0.284 e. The van der Waals surface area contributed by atoms with E-state index in [-0.39, 0.29) is 17.0 Å². The van der Waals surface area contributed by atoms with Crippen LogP contribution in [0.4, 0.5) is 0 Å². The molecule has 0 fully saturated rings. The van der Waals surface area contributed by atoms with E-state index in [2.05, 4.69) is 28.1 Å². The molecule has 5 aromatic heterocycles. The molecule has 34 heavy (non-hydrogen) atoms. The molecule has 0 spiro atoms. The fraction of sp³-hybridized carbons (Fsp3) is 0.292. The molecule has 5 rings (SSSR count). The van der Waals surface area contributed by atoms with E-state index in [4.69, 9.17) is 10.8 Å². The molecular formula is C24H26N8OS. The Bertz CT molecular complexity index is 1630. The van der Waals surface area contributed by atoms with Gasteiger partial charge in [-0.1, -0.05) is 19.8 Å². The van der Waals surface area contributed by atoms with E-state index in [9.17, 15) is 4.79 Å². The molecule has 5 heterocycles. The van der Waals surface area contributed by atoms with Crippen LogP contribution in [0.2, 0.25) is 0 Å². The molecule has 0 amide bonds. The Labute approximate surface area is 199 Å². The zero-order valence-corrected chi connectivity index (χ0v) is 19.9. The summed E-state index contributed by atoms with van der Waals surface area (Å²) in [5.74, 6) is 0.0291. The molecule has 0 aliphatic heterocycles. The predicted molar refractivity (Wildman–Crippen MR) is 135 cm³/mol. The summed E-state index contributed by atoms with van der Waals surface area (Å²) in [6.45, 7) is 4.86. The Hall–Kier alpha value is -3.79. The lowest BCUT2D eigenvalue weighted by Crippen LogP contribution is -2.43. The number of rotatable bonds is 7. The highest BCUT2D eigenvalue weighted by Gasteiger charge is 2.16. The first-order valence-corrected chi connectivity index (χ1v) is 12.2. The SMILES string of the molecule is CCCCCn1c(=N)n(C(C)=N)c(=O)c2[nH]c(-c3cnn(Cc4cnc5ccsc5c4)c3)cc21. The number of pyridine rings is 1. The van der Waals surface area contributed by atoms with Crippen LogP contribution in [0, 0.1) is 10.8 Å². The molecule has 3 N–H and O–H groups in total. The van der Waals surface area contributed by atoms with Crippen molar-refractivity contribution in [1.29, 1.82) is 10.8 Å². The van der Waals surface area contributed by atoms with Crippen LogP contribution in [-0.2, 0) is 13.1 Å². The van der Waals surface area contributed by atoms with Crippen LogP contribution < -0.4 is 11.2 Å². The maximum atomic E-state index is 13.1. The third kappa shape index (κ3) is 3.90. The highest BCUT2D eigenvalue weighted by atomic mass is 32.1. The zero-order valence-electron chi connectivity index (χ0n) is 19.1. The van der Waals surface area contributed by atoms with Gasteiger partial charge in [0.15, 0.2) is 0 Å². The fourth-order valence-corrected chi connectivity index (χ4v) is 5.03. The molecule has 0 saturated heterocycles. The molecule has 5 aromatic rings. The van der Waals surface area contributed by atoms with E-state index in [1.54, 1.807) is 17.5 Å². The van der Waals surface area contributed by atoms with E-state index < -0.39 is 0 Å². The maximum absolute atomic E-state index is 13.1. The van der Waals surface area contributed by atoms with Gasteiger partial charge in [0.2, 0.25) is 5.62 Å². The highest BCUT2D eigenvalue weighted by Crippen LogP contribution is 2.23. The van der Waals surface area contributed by atoms with Crippen LogP contribution in [0.1, 0.15) is 38.7 Å². The average molecular weight is 475 g/mol. The molecule has 0 radical (unpaired) electrons. The Morgan fingerprint density at radius 3 is 2.88 bits per heavy atom. The summed E-state index contributed by atoms with van der Waals surface area (Å²) >= 11 is 1.67. The Balaban J connectivity index is 1.53. The average Bonchev–Trinajstić information content (AvgIpc) is 3.55. The number of thiophene rings is 1. The molecule has 0 saturated carbocycles. The van der Waals surface area contributed by atoms with E-state index in [0.717, 1.165) is 50.9 Å². The molecule has 9 nitrogen and oxygen atoms in total. The highest BCUT2D eigenvalue weighted by molar-refractivity contribution is 7.17. The van der Waals surface area contributed by atoms with Crippen molar-refractivity contribution in [3.63, 3.8) is 0 Å². The van der Waals surface area contributed by atoms with E-state index in [0.29, 0.717) is 24.1 Å². The van der Waals surface area contributed by atoms with Crippen LogP contribution >= 0.6 is 11.3 Å². The number of fused-ring (bicyclic) bond motifs is 2. The van der Waals surface area contributed by atoms with Gasteiger partial charge in [0.05, 0.1) is 34.2 Å². The molecule has 174 valence electrons. The molecule has 0 unspecified atom stereocenters. The second-order valence-corrected chi connectivity index (χ2v) is 9.37. The topological polar surface area (TPSA) is 121 Å². The standard InChI is InChI=1S/C24H26N8OS/c1-3-4-5-7-31-20-10-19(29-22(20)23(33)32(15(2)25)24(31)26)17-12-28-30(14-17)13-16-9-21-18(27-11-16)6-8-34-21/h6,8-12,14,25-26,29H,3-5,7,13H2,1-2H3. The minimum Gasteiger partial charge on any atom is -0.349 e. The zero-order chi connectivity index (χ0) is 23.8. The first-order chi connectivity index (χ1) is 16.5. The lowest BCUT2D eigenvalue weighted by molar-refractivity contribution is 0.570. The van der Waals surface area contributed by atoms with Crippen molar-refractivity contribution in [2.45, 2.75) is 46.2 Å². The summed E-state index contributed by atoms with van der Waals surface area (Å²) in [7, 11) is 0. The van der Waals surface area contributed by atoms with Gasteiger partial charge in [0.25, 0.3) is 5.56 Å². The second-order valence-electron chi connectivity index (χ2n) is 8.43. The summed E-state index contributed by atoms with van der Waals surface area (Å²) in [4.78, 5) is 20.8. The number of unbranched alkanes of at least 4 members (excludes halogenated alkanes) is 2. The Morgan fingerprint density at radius 2 is 2.09 bits per heavy atom. The summed E-state index contributed by atoms with van der Waals surface area (Å²) in [5, 5.41) is 23.1. The van der Waals surface area contributed by atoms with Gasteiger partial charge in [0.1, 0.15) is 11.4 Å². The van der Waals surface area contributed by atoms with Gasteiger partial charge in [-0.05, 0) is 42.5 Å². The molecule has 0 aromatic carbocycles. The summed E-state index contributed by atoms with van der Waals surface area (Å²) in [5.41, 5.74) is 4.40. The first kappa shape index (κ1) is 22.0. The summed E-state index contributed by atoms with van der Waals surface area (Å²) in [6, 6.07) is 6.05. The van der Waals surface area contributed by atoms with Crippen LogP contribution in [0.15, 0.2) is 47.0 Å². The van der Waals surface area contributed by atoms with Crippen LogP contribution in [0.3, 0.4) is 0 Å². The van der Waals surface area contributed by atoms with Crippen molar-refractivity contribution < 1.29 is 0 Å². The van der Waals surface area contributed by atoms with Gasteiger partial charge >= 0.3 is 0 Å². The third-order valence-electron chi connectivity index (χ3n) is 5.94. The van der Waals surface area contributed by atoms with Crippen molar-refractivity contribution in [2.24, 2.45) is 0 Å². The second kappa shape index (κ2) is 8.86. The molecule has 10 heteroatoms. The van der Waals surface area contributed by atoms with E-state index >= 15 is 0 Å². The molecule has 0 bridgehead atoms. The number of hydrogen-bond acceptors (Lipinski definition) is 6. The van der Waals surface area contributed by atoms with Gasteiger partial charge < -0.3 is 9.55 Å². The van der Waals surface area contributed by atoms with E-state index in [1.165, 1.54) is 6.92 Å². The molecule has 0 aliphatic rings. The lowest BCUT2D eigenvalue weighted by Gasteiger charge is -2.12. The summed E-state index contributed by atoms with van der Waals surface area (Å²) < 4.78 is 5.96. The van der Waals surface area contributed by atoms with Crippen LogP contribution in [0.25, 0.3) is 32.5 Å². The van der Waals surface area contributed by atoms with Crippen molar-refractivity contribution in [1.82, 2.24) is 28.9 Å². The van der Waals surface area contributed by atoms with Crippen LogP contribution in [-0.4, -0.2) is 34.7 Å². The quantitative estimate of drug-likeness (QED) is 0.186. The fourth-order valence-electron chi connectivity index (χ4n) is 4.22. The van der Waals surface area contributed by atoms with Crippen molar-refractivity contribution >= 4 is 38.4 Å². The number of nitrogens with zero attached hydrogens (tertiary/aromatic N) is 5. The van der Waals surface area contributed by atoms with Crippen molar-refractivity contribution in [2.75, 3.05) is 0 Å². The van der Waals surface area contributed by atoms with Crippen LogP contribution in [0.5, 0.6) is 0 Å². The first-order valence-electron chi connectivity index (χ1n) is 11.3. The number of hydrogen-bond donors (Lipinski definition) is 3. The number of H-pyrrole nitrogens is 1. The maximum Gasteiger partial charge on any atom is 0.284 e. The predicted octanol–water partition coefficient (Wildman–Crippen LogP) is 4.17. The summed E-state index contributed by atoms with van der Waals surface area (Å²) in [6.07, 6.45) is 8.58. The van der Waals surface area contributed by atoms with E-state index in [1.807, 2.05) is 39.2 Å². The van der Waals surface area contributed by atoms with Gasteiger partial charge in [-0.2, -0.15) is 5.10 Å². The number of nitrogens with one attached hydrogen (secondary N) is 3. The normalized spacial score (nSPS) is 11.6. The molecular weight excluding hydrogens is 448 g/mol. The lowest BCUT2D eigenvalue weighted by atomic mass is 10.2. The number of aromatic nitrogens is 6. The van der Waals surface area contributed by atoms with Gasteiger partial charge in [0, 0.05) is 24.5 Å². The van der Waals surface area contributed by atoms with Crippen molar-refractivity contribution in [3.05, 3.63) is 63.7 Å². The largest absolute Gasteiger partial charge is 0.349 e. The van der Waals surface area contributed by atoms with Crippen molar-refractivity contribution in [3.8, 4) is 11.3 Å². The molecule has 0 atom stereocenters. The molecule has 0 aliphatic carbocycles. The van der Waals surface area contributed by atoms with Gasteiger partial charge in [-0.15, -0.1) is 11.3 Å². The number of aromatic amines is 1. The Kier molecular flexibility index (Phi) is 5.74. The van der Waals surface area contributed by atoms with Gasteiger partial charge in [-0.25, -0.2) is 4.57 Å².